The summed E-state index contributed by atoms with van der Waals surface area (Å²) in [5.74, 6) is 0.264. The van der Waals surface area contributed by atoms with E-state index in [9.17, 15) is 9.90 Å². The molecule has 1 atom stereocenters. The largest absolute Gasteiger partial charge is 0.394 e. The molecule has 2 N–H and O–H groups in total. The highest BCUT2D eigenvalue weighted by Gasteiger charge is 2.42. The van der Waals surface area contributed by atoms with Gasteiger partial charge in [-0.05, 0) is 43.4 Å². The number of nitrogens with zero attached hydrogens (tertiary/aromatic N) is 2. The third kappa shape index (κ3) is 3.20. The Morgan fingerprint density at radius 2 is 2.14 bits per heavy atom. The van der Waals surface area contributed by atoms with Crippen LogP contribution in [0.15, 0.2) is 43.0 Å². The predicted molar refractivity (Wildman–Crippen MR) is 83.5 cm³/mol. The van der Waals surface area contributed by atoms with E-state index < -0.39 is 5.54 Å². The molecule has 1 saturated carbocycles. The number of amides is 1. The molecule has 0 radical (unpaired) electrons. The van der Waals surface area contributed by atoms with Gasteiger partial charge in [-0.25, -0.2) is 4.98 Å². The second-order valence-corrected chi connectivity index (χ2v) is 6.24. The molecule has 1 heterocycles. The minimum atomic E-state index is -0.507. The Morgan fingerprint density at radius 1 is 1.41 bits per heavy atom. The summed E-state index contributed by atoms with van der Waals surface area (Å²) in [6.45, 7) is 2.62. The number of nitrogens with one attached hydrogen (secondary N) is 1. The number of imidazole rings is 1. The molecule has 0 unspecified atom stereocenters. The number of carbonyl (C=O) groups is 1. The number of rotatable bonds is 6. The number of hydrogen-bond donors (Lipinski definition) is 2. The van der Waals surface area contributed by atoms with Gasteiger partial charge in [0.05, 0.1) is 18.5 Å². The summed E-state index contributed by atoms with van der Waals surface area (Å²) < 4.78 is 1.98. The lowest BCUT2D eigenvalue weighted by Crippen LogP contribution is -2.50. The highest BCUT2D eigenvalue weighted by Crippen LogP contribution is 2.39. The molecule has 0 aliphatic heterocycles. The average Bonchev–Trinajstić information content (AvgIpc) is 3.27. The van der Waals surface area contributed by atoms with Crippen molar-refractivity contribution < 1.29 is 9.90 Å². The maximum atomic E-state index is 12.3. The quantitative estimate of drug-likeness (QED) is 0.855. The first-order chi connectivity index (χ1) is 10.6. The Labute approximate surface area is 130 Å². The molecular weight excluding hydrogens is 278 g/mol. The molecule has 1 aliphatic carbocycles. The van der Waals surface area contributed by atoms with E-state index in [0.717, 1.165) is 24.9 Å². The summed E-state index contributed by atoms with van der Waals surface area (Å²) in [5, 5.41) is 12.5. The first-order valence-electron chi connectivity index (χ1n) is 7.59. The molecular formula is C17H21N3O2. The van der Waals surface area contributed by atoms with Gasteiger partial charge in [0, 0.05) is 24.5 Å². The number of aliphatic hydroxyl groups is 1. The molecule has 1 fully saturated rings. The van der Waals surface area contributed by atoms with Crippen molar-refractivity contribution in [3.05, 3.63) is 54.1 Å². The molecule has 1 aliphatic rings. The zero-order valence-electron chi connectivity index (χ0n) is 12.7. The van der Waals surface area contributed by atoms with Crippen molar-refractivity contribution >= 4 is 5.91 Å². The Morgan fingerprint density at radius 3 is 2.68 bits per heavy atom. The van der Waals surface area contributed by atoms with Gasteiger partial charge >= 0.3 is 0 Å². The van der Waals surface area contributed by atoms with Gasteiger partial charge < -0.3 is 15.0 Å². The Hall–Kier alpha value is -2.14. The van der Waals surface area contributed by atoms with E-state index in [4.69, 9.17) is 0 Å². The van der Waals surface area contributed by atoms with Gasteiger partial charge in [-0.1, -0.05) is 12.1 Å². The van der Waals surface area contributed by atoms with Crippen LogP contribution in [0.1, 0.15) is 35.7 Å². The second-order valence-electron chi connectivity index (χ2n) is 6.24. The molecule has 3 rings (SSSR count). The summed E-state index contributed by atoms with van der Waals surface area (Å²) in [4.78, 5) is 16.4. The summed E-state index contributed by atoms with van der Waals surface area (Å²) in [5.41, 5.74) is 1.23. The van der Waals surface area contributed by atoms with Gasteiger partial charge in [-0.3, -0.25) is 4.79 Å². The fourth-order valence-corrected chi connectivity index (χ4v) is 2.68. The summed E-state index contributed by atoms with van der Waals surface area (Å²) in [6.07, 6.45) is 7.56. The van der Waals surface area contributed by atoms with Gasteiger partial charge in [0.1, 0.15) is 0 Å². The Bertz CT molecular complexity index is 632. The summed E-state index contributed by atoms with van der Waals surface area (Å²) >= 11 is 0. The maximum absolute atomic E-state index is 12.3. The molecule has 0 bridgehead atoms. The van der Waals surface area contributed by atoms with E-state index in [2.05, 4.69) is 10.3 Å². The van der Waals surface area contributed by atoms with Gasteiger partial charge in [-0.2, -0.15) is 0 Å². The lowest BCUT2D eigenvalue weighted by molar-refractivity contribution is 0.0824. The molecule has 0 saturated heterocycles. The van der Waals surface area contributed by atoms with Crippen LogP contribution >= 0.6 is 0 Å². The Balaban J connectivity index is 1.65. The third-order valence-corrected chi connectivity index (χ3v) is 4.35. The van der Waals surface area contributed by atoms with Crippen LogP contribution < -0.4 is 5.32 Å². The van der Waals surface area contributed by atoms with Gasteiger partial charge in [0.15, 0.2) is 0 Å². The van der Waals surface area contributed by atoms with E-state index in [1.165, 1.54) is 0 Å². The normalized spacial score (nSPS) is 17.0. The smallest absolute Gasteiger partial charge is 0.251 e. The standard InChI is InChI=1S/C17H21N3O2/c1-17(11-21,15-6-7-15)19-16(22)14-4-2-13(3-5-14)10-20-9-8-18-12-20/h2-5,8-9,12,15,21H,6-7,10-11H2,1H3,(H,19,22)/t17-/m1/s1. The SMILES string of the molecule is C[C@](CO)(NC(=O)c1ccc(Cn2ccnc2)cc1)C1CC1. The van der Waals surface area contributed by atoms with Crippen molar-refractivity contribution in [1.82, 2.24) is 14.9 Å². The van der Waals surface area contributed by atoms with Crippen LogP contribution in [0, 0.1) is 5.92 Å². The van der Waals surface area contributed by atoms with Crippen LogP contribution in [-0.4, -0.2) is 32.7 Å². The van der Waals surface area contributed by atoms with Crippen molar-refractivity contribution in [3.8, 4) is 0 Å². The Kier molecular flexibility index (Phi) is 3.98. The van der Waals surface area contributed by atoms with E-state index in [0.29, 0.717) is 11.5 Å². The zero-order chi connectivity index (χ0) is 15.6. The molecule has 116 valence electrons. The van der Waals surface area contributed by atoms with Crippen LogP contribution in [0.4, 0.5) is 0 Å². The van der Waals surface area contributed by atoms with Crippen molar-refractivity contribution in [2.24, 2.45) is 5.92 Å². The molecule has 5 heteroatoms. The van der Waals surface area contributed by atoms with Gasteiger partial charge in [0.2, 0.25) is 0 Å². The maximum Gasteiger partial charge on any atom is 0.251 e. The van der Waals surface area contributed by atoms with Gasteiger partial charge in [0.25, 0.3) is 5.91 Å². The first kappa shape index (κ1) is 14.8. The molecule has 5 nitrogen and oxygen atoms in total. The lowest BCUT2D eigenvalue weighted by atomic mass is 9.96. The molecule has 2 aromatic rings. The highest BCUT2D eigenvalue weighted by atomic mass is 16.3. The molecule has 22 heavy (non-hydrogen) atoms. The minimum absolute atomic E-state index is 0.0257. The number of carbonyl (C=O) groups excluding carboxylic acids is 1. The first-order valence-corrected chi connectivity index (χ1v) is 7.59. The molecule has 0 spiro atoms. The highest BCUT2D eigenvalue weighted by molar-refractivity contribution is 5.94. The lowest BCUT2D eigenvalue weighted by Gasteiger charge is -2.28. The van der Waals surface area contributed by atoms with E-state index in [1.807, 2.05) is 42.0 Å². The third-order valence-electron chi connectivity index (χ3n) is 4.35. The average molecular weight is 299 g/mol. The van der Waals surface area contributed by atoms with Crippen LogP contribution in [0.3, 0.4) is 0 Å². The van der Waals surface area contributed by atoms with Gasteiger partial charge in [-0.15, -0.1) is 0 Å². The van der Waals surface area contributed by atoms with Crippen molar-refractivity contribution in [3.63, 3.8) is 0 Å². The van der Waals surface area contributed by atoms with Crippen LogP contribution in [-0.2, 0) is 6.54 Å². The topological polar surface area (TPSA) is 67.2 Å². The number of hydrogen-bond acceptors (Lipinski definition) is 3. The summed E-state index contributed by atoms with van der Waals surface area (Å²) in [7, 11) is 0. The van der Waals surface area contributed by atoms with E-state index in [1.54, 1.807) is 12.5 Å². The number of aliphatic hydroxyl groups excluding tert-OH is 1. The minimum Gasteiger partial charge on any atom is -0.394 e. The van der Waals surface area contributed by atoms with Crippen molar-refractivity contribution in [2.45, 2.75) is 31.8 Å². The number of aromatic nitrogens is 2. The fraction of sp³-hybridized carbons (Fsp3) is 0.412. The summed E-state index contributed by atoms with van der Waals surface area (Å²) in [6, 6.07) is 7.54. The van der Waals surface area contributed by atoms with E-state index >= 15 is 0 Å². The zero-order valence-corrected chi connectivity index (χ0v) is 12.7. The predicted octanol–water partition coefficient (Wildman–Crippen LogP) is 1.82. The second kappa shape index (κ2) is 5.93. The molecule has 1 aromatic heterocycles. The van der Waals surface area contributed by atoms with Crippen LogP contribution in [0.2, 0.25) is 0 Å². The van der Waals surface area contributed by atoms with Crippen LogP contribution in [0.25, 0.3) is 0 Å². The monoisotopic (exact) mass is 299 g/mol. The van der Waals surface area contributed by atoms with Crippen molar-refractivity contribution in [1.29, 1.82) is 0 Å². The number of benzene rings is 1. The fourth-order valence-electron chi connectivity index (χ4n) is 2.68. The van der Waals surface area contributed by atoms with Crippen LogP contribution in [0.5, 0.6) is 0 Å². The van der Waals surface area contributed by atoms with E-state index in [-0.39, 0.29) is 12.5 Å². The molecule has 1 amide bonds. The molecule has 1 aromatic carbocycles. The van der Waals surface area contributed by atoms with Crippen molar-refractivity contribution in [2.75, 3.05) is 6.61 Å².